The van der Waals surface area contributed by atoms with Gasteiger partial charge in [0.25, 0.3) is 0 Å². The van der Waals surface area contributed by atoms with Gasteiger partial charge in [-0.15, -0.1) is 0 Å². The molecule has 0 radical (unpaired) electrons. The van der Waals surface area contributed by atoms with Crippen molar-refractivity contribution >= 4 is 0 Å². The van der Waals surface area contributed by atoms with Gasteiger partial charge in [0.1, 0.15) is 0 Å². The first kappa shape index (κ1) is 10.0. The maximum Gasteiger partial charge on any atom is -0.0354 e. The average molecular weight is 142 g/mol. The highest BCUT2D eigenvalue weighted by Crippen LogP contribution is 2.34. The topological polar surface area (TPSA) is 0 Å². The van der Waals surface area contributed by atoms with Crippen LogP contribution in [0.1, 0.15) is 59.8 Å². The Labute approximate surface area is 66.0 Å². The van der Waals surface area contributed by atoms with Crippen LogP contribution < -0.4 is 0 Å². The molecule has 0 aromatic heterocycles. The van der Waals surface area contributed by atoms with E-state index >= 15 is 0 Å². The molecule has 0 aromatic carbocycles. The highest BCUT2D eigenvalue weighted by Gasteiger charge is 2.19. The molecule has 1 saturated carbocycles. The second-order valence-electron chi connectivity index (χ2n) is 3.72. The molecule has 0 heterocycles. The van der Waals surface area contributed by atoms with Crippen molar-refractivity contribution in [2.75, 3.05) is 0 Å². The van der Waals surface area contributed by atoms with Crippen molar-refractivity contribution in [3.8, 4) is 0 Å². The SMILES string of the molecule is CC.CC1(C)CCCCC1. The first-order valence-electron chi connectivity index (χ1n) is 4.71. The predicted molar refractivity (Wildman–Crippen MR) is 48.2 cm³/mol. The summed E-state index contributed by atoms with van der Waals surface area (Å²) >= 11 is 0. The molecule has 0 N–H and O–H groups in total. The van der Waals surface area contributed by atoms with Gasteiger partial charge in [0.05, 0.1) is 0 Å². The summed E-state index contributed by atoms with van der Waals surface area (Å²) in [5.74, 6) is 0. The van der Waals surface area contributed by atoms with E-state index in [0.717, 1.165) is 0 Å². The molecule has 1 fully saturated rings. The molecule has 0 amide bonds. The molecule has 0 nitrogen and oxygen atoms in total. The minimum absolute atomic E-state index is 0.679. The molecule has 1 aliphatic carbocycles. The van der Waals surface area contributed by atoms with Gasteiger partial charge in [-0.05, 0) is 18.3 Å². The Morgan fingerprint density at radius 1 is 0.800 bits per heavy atom. The van der Waals surface area contributed by atoms with E-state index in [1.54, 1.807) is 0 Å². The number of hydrogen-bond acceptors (Lipinski definition) is 0. The summed E-state index contributed by atoms with van der Waals surface area (Å²) in [7, 11) is 0. The van der Waals surface area contributed by atoms with E-state index < -0.39 is 0 Å². The van der Waals surface area contributed by atoms with Crippen molar-refractivity contribution in [1.82, 2.24) is 0 Å². The Morgan fingerprint density at radius 2 is 1.20 bits per heavy atom. The van der Waals surface area contributed by atoms with Gasteiger partial charge in [-0.25, -0.2) is 0 Å². The van der Waals surface area contributed by atoms with Crippen LogP contribution in [-0.4, -0.2) is 0 Å². The Morgan fingerprint density at radius 3 is 1.40 bits per heavy atom. The van der Waals surface area contributed by atoms with Crippen LogP contribution in [-0.2, 0) is 0 Å². The van der Waals surface area contributed by atoms with Crippen LogP contribution in [0, 0.1) is 5.41 Å². The van der Waals surface area contributed by atoms with Crippen molar-refractivity contribution in [2.24, 2.45) is 5.41 Å². The average Bonchev–Trinajstić information content (AvgIpc) is 1.92. The van der Waals surface area contributed by atoms with Crippen LogP contribution in [0.25, 0.3) is 0 Å². The molecule has 0 heteroatoms. The normalized spacial score (nSPS) is 22.8. The van der Waals surface area contributed by atoms with Gasteiger partial charge in [-0.1, -0.05) is 47.0 Å². The minimum atomic E-state index is 0.679. The molecule has 0 saturated heterocycles. The number of hydrogen-bond donors (Lipinski definition) is 0. The molecule has 0 spiro atoms. The molecular weight excluding hydrogens is 120 g/mol. The van der Waals surface area contributed by atoms with E-state index in [4.69, 9.17) is 0 Å². The molecular formula is C10H22. The van der Waals surface area contributed by atoms with E-state index in [-0.39, 0.29) is 0 Å². The van der Waals surface area contributed by atoms with E-state index in [1.165, 1.54) is 32.1 Å². The third-order valence-corrected chi connectivity index (χ3v) is 2.21. The predicted octanol–water partition coefficient (Wildman–Crippen LogP) is 4.00. The number of rotatable bonds is 0. The zero-order valence-electron chi connectivity index (χ0n) is 8.04. The molecule has 0 unspecified atom stereocenters. The van der Waals surface area contributed by atoms with E-state index in [0.29, 0.717) is 5.41 Å². The fraction of sp³-hybridized carbons (Fsp3) is 1.00. The summed E-state index contributed by atoms with van der Waals surface area (Å²) in [6.45, 7) is 8.76. The second-order valence-corrected chi connectivity index (χ2v) is 3.72. The van der Waals surface area contributed by atoms with Gasteiger partial charge in [-0.2, -0.15) is 0 Å². The highest BCUT2D eigenvalue weighted by atomic mass is 14.3. The Hall–Kier alpha value is 0. The van der Waals surface area contributed by atoms with E-state index in [2.05, 4.69) is 13.8 Å². The zero-order valence-corrected chi connectivity index (χ0v) is 8.04. The van der Waals surface area contributed by atoms with Crippen LogP contribution >= 0.6 is 0 Å². The molecule has 0 bridgehead atoms. The lowest BCUT2D eigenvalue weighted by Crippen LogP contribution is -2.14. The standard InChI is InChI=1S/C8H16.C2H6/c1-8(2)6-4-3-5-7-8;1-2/h3-7H2,1-2H3;1-2H3. The maximum atomic E-state index is 2.38. The molecule has 1 rings (SSSR count). The summed E-state index contributed by atoms with van der Waals surface area (Å²) in [4.78, 5) is 0. The lowest BCUT2D eigenvalue weighted by Gasteiger charge is -2.28. The van der Waals surface area contributed by atoms with Gasteiger partial charge in [-0.3, -0.25) is 0 Å². The van der Waals surface area contributed by atoms with E-state index in [9.17, 15) is 0 Å². The lowest BCUT2D eigenvalue weighted by atomic mass is 9.78. The quantitative estimate of drug-likeness (QED) is 0.479. The molecule has 0 atom stereocenters. The van der Waals surface area contributed by atoms with Crippen LogP contribution in [0.2, 0.25) is 0 Å². The monoisotopic (exact) mass is 142 g/mol. The van der Waals surface area contributed by atoms with Gasteiger partial charge >= 0.3 is 0 Å². The molecule has 0 aliphatic heterocycles. The fourth-order valence-electron chi connectivity index (χ4n) is 1.51. The summed E-state index contributed by atoms with van der Waals surface area (Å²) in [5, 5.41) is 0. The third kappa shape index (κ3) is 3.92. The van der Waals surface area contributed by atoms with Crippen molar-refractivity contribution in [3.05, 3.63) is 0 Å². The Bertz CT molecular complexity index is 64.1. The summed E-state index contributed by atoms with van der Waals surface area (Å²) < 4.78 is 0. The first-order valence-corrected chi connectivity index (χ1v) is 4.71. The van der Waals surface area contributed by atoms with E-state index in [1.807, 2.05) is 13.8 Å². The largest absolute Gasteiger partial charge is 0.0683 e. The van der Waals surface area contributed by atoms with Crippen LogP contribution in [0.15, 0.2) is 0 Å². The minimum Gasteiger partial charge on any atom is -0.0683 e. The smallest absolute Gasteiger partial charge is 0.0354 e. The van der Waals surface area contributed by atoms with Crippen molar-refractivity contribution in [2.45, 2.75) is 59.8 Å². The maximum absolute atomic E-state index is 2.38. The second kappa shape index (κ2) is 4.76. The summed E-state index contributed by atoms with van der Waals surface area (Å²) in [5.41, 5.74) is 0.679. The fourth-order valence-corrected chi connectivity index (χ4v) is 1.51. The molecule has 0 aromatic rings. The molecule has 1 aliphatic rings. The lowest BCUT2D eigenvalue weighted by molar-refractivity contribution is 0.244. The first-order chi connectivity index (χ1) is 4.71. The Balaban J connectivity index is 0.000000371. The zero-order chi connectivity index (χ0) is 8.04. The summed E-state index contributed by atoms with van der Waals surface area (Å²) in [6.07, 6.45) is 7.31. The van der Waals surface area contributed by atoms with Crippen molar-refractivity contribution in [1.29, 1.82) is 0 Å². The van der Waals surface area contributed by atoms with Crippen LogP contribution in [0.3, 0.4) is 0 Å². The van der Waals surface area contributed by atoms with Gasteiger partial charge in [0.2, 0.25) is 0 Å². The van der Waals surface area contributed by atoms with Crippen LogP contribution in [0.4, 0.5) is 0 Å². The van der Waals surface area contributed by atoms with Gasteiger partial charge in [0, 0.05) is 0 Å². The van der Waals surface area contributed by atoms with Crippen LogP contribution in [0.5, 0.6) is 0 Å². The highest BCUT2D eigenvalue weighted by molar-refractivity contribution is 4.72. The molecule has 62 valence electrons. The van der Waals surface area contributed by atoms with Gasteiger partial charge < -0.3 is 0 Å². The van der Waals surface area contributed by atoms with Gasteiger partial charge in [0.15, 0.2) is 0 Å². The Kier molecular flexibility index (Phi) is 4.76. The third-order valence-electron chi connectivity index (χ3n) is 2.21. The molecule has 10 heavy (non-hydrogen) atoms. The van der Waals surface area contributed by atoms with Crippen molar-refractivity contribution in [3.63, 3.8) is 0 Å². The van der Waals surface area contributed by atoms with Crippen molar-refractivity contribution < 1.29 is 0 Å². The summed E-state index contributed by atoms with van der Waals surface area (Å²) in [6, 6.07) is 0.